The molecular formula is C18H27N3O4S. The summed E-state index contributed by atoms with van der Waals surface area (Å²) in [5.41, 5.74) is 1.54. The van der Waals surface area contributed by atoms with Crippen LogP contribution in [-0.4, -0.2) is 51.8 Å². The van der Waals surface area contributed by atoms with Crippen LogP contribution < -0.4 is 10.0 Å². The van der Waals surface area contributed by atoms with Crippen molar-refractivity contribution in [2.75, 3.05) is 26.7 Å². The Morgan fingerprint density at radius 1 is 1.19 bits per heavy atom. The molecule has 1 heterocycles. The Morgan fingerprint density at radius 2 is 1.85 bits per heavy atom. The van der Waals surface area contributed by atoms with Crippen molar-refractivity contribution in [2.24, 2.45) is 5.92 Å². The molecule has 0 bridgehead atoms. The molecular weight excluding hydrogens is 354 g/mol. The van der Waals surface area contributed by atoms with Gasteiger partial charge in [0.2, 0.25) is 21.8 Å². The normalized spacial score (nSPS) is 15.7. The van der Waals surface area contributed by atoms with Crippen LogP contribution in [0.3, 0.4) is 0 Å². The van der Waals surface area contributed by atoms with E-state index in [1.165, 1.54) is 0 Å². The number of sulfonamides is 1. The van der Waals surface area contributed by atoms with Gasteiger partial charge in [0.15, 0.2) is 0 Å². The highest BCUT2D eigenvalue weighted by molar-refractivity contribution is 7.89. The molecule has 1 aliphatic heterocycles. The lowest BCUT2D eigenvalue weighted by Crippen LogP contribution is -2.43. The molecule has 2 rings (SSSR count). The minimum absolute atomic E-state index is 0.0124. The van der Waals surface area contributed by atoms with E-state index >= 15 is 0 Å². The quantitative estimate of drug-likeness (QED) is 0.767. The average molecular weight is 381 g/mol. The van der Waals surface area contributed by atoms with Crippen LogP contribution in [0.1, 0.15) is 30.4 Å². The molecule has 1 aliphatic rings. The predicted molar refractivity (Wildman–Crippen MR) is 99.1 cm³/mol. The summed E-state index contributed by atoms with van der Waals surface area (Å²) in [7, 11) is -2.02. The van der Waals surface area contributed by atoms with Crippen LogP contribution in [0.2, 0.25) is 0 Å². The lowest BCUT2D eigenvalue weighted by molar-refractivity contribution is -0.135. The van der Waals surface area contributed by atoms with Crippen molar-refractivity contribution in [3.8, 4) is 0 Å². The monoisotopic (exact) mass is 381 g/mol. The van der Waals surface area contributed by atoms with Gasteiger partial charge in [-0.15, -0.1) is 0 Å². The molecule has 1 aromatic carbocycles. The van der Waals surface area contributed by atoms with Gasteiger partial charge in [-0.1, -0.05) is 12.1 Å². The topological polar surface area (TPSA) is 95.6 Å². The Balaban J connectivity index is 1.85. The van der Waals surface area contributed by atoms with Gasteiger partial charge < -0.3 is 10.2 Å². The third-order valence-corrected chi connectivity index (χ3v) is 6.33. The molecule has 7 nitrogen and oxygen atoms in total. The van der Waals surface area contributed by atoms with Gasteiger partial charge in [0.1, 0.15) is 0 Å². The van der Waals surface area contributed by atoms with Crippen LogP contribution in [0, 0.1) is 19.8 Å². The number of rotatable bonds is 6. The van der Waals surface area contributed by atoms with Crippen LogP contribution in [0.25, 0.3) is 0 Å². The molecule has 1 aromatic rings. The highest BCUT2D eigenvalue weighted by atomic mass is 32.2. The van der Waals surface area contributed by atoms with E-state index in [0.717, 1.165) is 5.56 Å². The number of nitrogens with zero attached hydrogens (tertiary/aromatic N) is 1. The van der Waals surface area contributed by atoms with Crippen molar-refractivity contribution in [2.45, 2.75) is 38.0 Å². The Morgan fingerprint density at radius 3 is 2.46 bits per heavy atom. The predicted octanol–water partition coefficient (Wildman–Crippen LogP) is 0.956. The summed E-state index contributed by atoms with van der Waals surface area (Å²) in [5, 5.41) is 2.63. The zero-order valence-corrected chi connectivity index (χ0v) is 16.4. The molecule has 0 saturated carbocycles. The highest BCUT2D eigenvalue weighted by Gasteiger charge is 2.26. The first-order valence-corrected chi connectivity index (χ1v) is 10.3. The van der Waals surface area contributed by atoms with Gasteiger partial charge in [-0.3, -0.25) is 9.59 Å². The second-order valence-corrected chi connectivity index (χ2v) is 8.42. The average Bonchev–Trinajstić information content (AvgIpc) is 2.62. The molecule has 0 unspecified atom stereocenters. The van der Waals surface area contributed by atoms with Gasteiger partial charge in [0, 0.05) is 39.0 Å². The van der Waals surface area contributed by atoms with E-state index in [4.69, 9.17) is 0 Å². The number of likely N-dealkylation sites (tertiary alicyclic amines) is 1. The van der Waals surface area contributed by atoms with Gasteiger partial charge in [0.05, 0.1) is 4.90 Å². The Hall–Kier alpha value is -1.93. The first-order valence-electron chi connectivity index (χ1n) is 8.81. The number of hydrogen-bond acceptors (Lipinski definition) is 4. The number of carbonyl (C=O) groups excluding carboxylic acids is 2. The molecule has 1 saturated heterocycles. The Kier molecular flexibility index (Phi) is 6.77. The van der Waals surface area contributed by atoms with Crippen molar-refractivity contribution < 1.29 is 18.0 Å². The van der Waals surface area contributed by atoms with E-state index in [-0.39, 0.29) is 35.6 Å². The Labute approximate surface area is 155 Å². The van der Waals surface area contributed by atoms with Crippen molar-refractivity contribution >= 4 is 21.8 Å². The summed E-state index contributed by atoms with van der Waals surface area (Å²) >= 11 is 0. The molecule has 0 aliphatic carbocycles. The van der Waals surface area contributed by atoms with Crippen molar-refractivity contribution in [3.63, 3.8) is 0 Å². The summed E-state index contributed by atoms with van der Waals surface area (Å²) in [6.07, 6.45) is 1.38. The van der Waals surface area contributed by atoms with Crippen LogP contribution in [0.5, 0.6) is 0 Å². The fourth-order valence-electron chi connectivity index (χ4n) is 3.12. The summed E-state index contributed by atoms with van der Waals surface area (Å²) in [6, 6.07) is 5.26. The highest BCUT2D eigenvalue weighted by Crippen LogP contribution is 2.18. The number of benzene rings is 1. The second-order valence-electron chi connectivity index (χ2n) is 6.69. The Bertz CT molecular complexity index is 769. The maximum absolute atomic E-state index is 12.4. The van der Waals surface area contributed by atoms with Gasteiger partial charge in [-0.25, -0.2) is 13.1 Å². The molecule has 0 radical (unpaired) electrons. The third-order valence-electron chi connectivity index (χ3n) is 4.73. The first kappa shape index (κ1) is 20.4. The summed E-state index contributed by atoms with van der Waals surface area (Å²) < 4.78 is 27.4. The summed E-state index contributed by atoms with van der Waals surface area (Å²) in [6.45, 7) is 4.70. The lowest BCUT2D eigenvalue weighted by atomic mass is 9.96. The fourth-order valence-corrected chi connectivity index (χ4v) is 4.48. The van der Waals surface area contributed by atoms with Gasteiger partial charge in [-0.05, 0) is 43.9 Å². The van der Waals surface area contributed by atoms with E-state index in [2.05, 4.69) is 10.0 Å². The van der Waals surface area contributed by atoms with E-state index in [1.54, 1.807) is 31.0 Å². The number of nitrogens with one attached hydrogen (secondary N) is 2. The molecule has 8 heteroatoms. The van der Waals surface area contributed by atoms with Crippen molar-refractivity contribution in [3.05, 3.63) is 29.3 Å². The summed E-state index contributed by atoms with van der Waals surface area (Å²) in [4.78, 5) is 25.8. The third kappa shape index (κ3) is 5.04. The lowest BCUT2D eigenvalue weighted by Gasteiger charge is -2.31. The first-order chi connectivity index (χ1) is 12.2. The van der Waals surface area contributed by atoms with E-state index in [9.17, 15) is 18.0 Å². The van der Waals surface area contributed by atoms with E-state index in [1.807, 2.05) is 13.0 Å². The van der Waals surface area contributed by atoms with Crippen LogP contribution >= 0.6 is 0 Å². The minimum atomic E-state index is -3.64. The van der Waals surface area contributed by atoms with Gasteiger partial charge in [-0.2, -0.15) is 0 Å². The van der Waals surface area contributed by atoms with Crippen LogP contribution in [-0.2, 0) is 19.6 Å². The smallest absolute Gasteiger partial charge is 0.240 e. The van der Waals surface area contributed by atoms with E-state index in [0.29, 0.717) is 31.5 Å². The molecule has 26 heavy (non-hydrogen) atoms. The molecule has 0 atom stereocenters. The van der Waals surface area contributed by atoms with Crippen LogP contribution in [0.4, 0.5) is 0 Å². The van der Waals surface area contributed by atoms with Crippen LogP contribution in [0.15, 0.2) is 23.1 Å². The number of aryl methyl sites for hydroxylation is 2. The van der Waals surface area contributed by atoms with Gasteiger partial charge >= 0.3 is 0 Å². The number of carbonyl (C=O) groups is 2. The second kappa shape index (κ2) is 8.64. The summed E-state index contributed by atoms with van der Waals surface area (Å²) in [5.74, 6) is -0.130. The minimum Gasteiger partial charge on any atom is -0.359 e. The number of amides is 2. The van der Waals surface area contributed by atoms with Crippen molar-refractivity contribution in [1.82, 2.24) is 14.9 Å². The molecule has 0 spiro atoms. The maximum atomic E-state index is 12.4. The standard InChI is InChI=1S/C18H27N3O4S/c1-13-4-5-14(2)16(12-13)26(24,25)20-9-6-17(22)21-10-7-15(8-11-21)18(23)19-3/h4-5,12,15,20H,6-11H2,1-3H3,(H,19,23). The zero-order valence-electron chi connectivity index (χ0n) is 15.5. The SMILES string of the molecule is CNC(=O)C1CCN(C(=O)CCNS(=O)(=O)c2cc(C)ccc2C)CC1. The number of hydrogen-bond donors (Lipinski definition) is 2. The number of piperidine rings is 1. The molecule has 1 fully saturated rings. The molecule has 144 valence electrons. The largest absolute Gasteiger partial charge is 0.359 e. The van der Waals surface area contributed by atoms with Gasteiger partial charge in [0.25, 0.3) is 0 Å². The van der Waals surface area contributed by atoms with Crippen molar-refractivity contribution in [1.29, 1.82) is 0 Å². The maximum Gasteiger partial charge on any atom is 0.240 e. The molecule has 2 N–H and O–H groups in total. The molecule has 0 aromatic heterocycles. The fraction of sp³-hybridized carbons (Fsp3) is 0.556. The molecule has 2 amide bonds. The van der Waals surface area contributed by atoms with E-state index < -0.39 is 10.0 Å². The zero-order chi connectivity index (χ0) is 19.3.